The molecule has 1 aromatic carbocycles. The van der Waals surface area contributed by atoms with E-state index in [2.05, 4.69) is 39.5 Å². The molecule has 2 aromatic rings. The summed E-state index contributed by atoms with van der Waals surface area (Å²) in [6.07, 6.45) is 2.78. The van der Waals surface area contributed by atoms with Gasteiger partial charge in [0.25, 0.3) is 0 Å². The van der Waals surface area contributed by atoms with E-state index < -0.39 is 0 Å². The number of carbonyl (C=O) groups excluding carboxylic acids is 1. The van der Waals surface area contributed by atoms with E-state index in [0.29, 0.717) is 0 Å². The first-order chi connectivity index (χ1) is 10.8. The third kappa shape index (κ3) is 2.25. The van der Waals surface area contributed by atoms with Crippen molar-refractivity contribution in [3.63, 3.8) is 0 Å². The Morgan fingerprint density at radius 1 is 1.36 bits per heavy atom. The maximum absolute atomic E-state index is 12.6. The standard InChI is InChI=1S/C17H19N3OS/c21-16-17(6-7-19-16)12-20(11-15-18-8-9-22-15)10-14(17)13-4-2-1-3-5-13/h1-5,8-9,14H,6-7,10-12H2,(H,19,21)/t14-,17+/m0/s1. The zero-order valence-corrected chi connectivity index (χ0v) is 13.2. The van der Waals surface area contributed by atoms with Crippen LogP contribution >= 0.6 is 11.3 Å². The molecule has 2 atom stereocenters. The van der Waals surface area contributed by atoms with Crippen molar-refractivity contribution in [1.29, 1.82) is 0 Å². The summed E-state index contributed by atoms with van der Waals surface area (Å²) in [5.74, 6) is 0.499. The van der Waals surface area contributed by atoms with Crippen molar-refractivity contribution in [3.8, 4) is 0 Å². The molecule has 2 fully saturated rings. The summed E-state index contributed by atoms with van der Waals surface area (Å²) in [4.78, 5) is 19.4. The maximum atomic E-state index is 12.6. The Bertz CT molecular complexity index is 658. The molecule has 22 heavy (non-hydrogen) atoms. The van der Waals surface area contributed by atoms with Crippen LogP contribution in [0.3, 0.4) is 0 Å². The first-order valence-electron chi connectivity index (χ1n) is 7.72. The number of nitrogens with one attached hydrogen (secondary N) is 1. The molecule has 0 saturated carbocycles. The lowest BCUT2D eigenvalue weighted by molar-refractivity contribution is -0.127. The lowest BCUT2D eigenvalue weighted by Gasteiger charge is -2.27. The molecule has 4 rings (SSSR count). The molecule has 0 aliphatic carbocycles. The highest BCUT2D eigenvalue weighted by atomic mass is 32.1. The van der Waals surface area contributed by atoms with Gasteiger partial charge in [0.15, 0.2) is 0 Å². The van der Waals surface area contributed by atoms with E-state index in [9.17, 15) is 4.79 Å². The summed E-state index contributed by atoms with van der Waals surface area (Å²) in [6.45, 7) is 3.40. The fourth-order valence-electron chi connectivity index (χ4n) is 3.93. The Morgan fingerprint density at radius 3 is 2.91 bits per heavy atom. The molecule has 114 valence electrons. The van der Waals surface area contributed by atoms with E-state index in [1.165, 1.54) is 5.56 Å². The quantitative estimate of drug-likeness (QED) is 0.945. The number of carbonyl (C=O) groups is 1. The second-order valence-corrected chi connectivity index (χ2v) is 7.20. The van der Waals surface area contributed by atoms with Gasteiger partial charge in [-0.25, -0.2) is 4.98 Å². The van der Waals surface area contributed by atoms with Gasteiger partial charge < -0.3 is 5.32 Å². The molecule has 2 aliphatic rings. The second-order valence-electron chi connectivity index (χ2n) is 6.22. The van der Waals surface area contributed by atoms with Crippen molar-refractivity contribution in [3.05, 3.63) is 52.5 Å². The lowest BCUT2D eigenvalue weighted by atomic mass is 9.73. The fourth-order valence-corrected chi connectivity index (χ4v) is 4.59. The zero-order chi connectivity index (χ0) is 15.0. The normalized spacial score (nSPS) is 28.4. The maximum Gasteiger partial charge on any atom is 0.228 e. The van der Waals surface area contributed by atoms with Crippen LogP contribution in [0.15, 0.2) is 41.9 Å². The van der Waals surface area contributed by atoms with E-state index in [-0.39, 0.29) is 17.2 Å². The van der Waals surface area contributed by atoms with Crippen LogP contribution < -0.4 is 5.32 Å². The van der Waals surface area contributed by atoms with Crippen LogP contribution in [-0.2, 0) is 11.3 Å². The summed E-state index contributed by atoms with van der Waals surface area (Å²) in [7, 11) is 0. The third-order valence-corrected chi connectivity index (χ3v) is 5.73. The van der Waals surface area contributed by atoms with Crippen LogP contribution in [0.2, 0.25) is 0 Å². The monoisotopic (exact) mass is 313 g/mol. The Labute approximate surface area is 134 Å². The number of thiazole rings is 1. The van der Waals surface area contributed by atoms with Crippen LogP contribution in [-0.4, -0.2) is 35.4 Å². The van der Waals surface area contributed by atoms with E-state index in [0.717, 1.165) is 37.6 Å². The highest BCUT2D eigenvalue weighted by Crippen LogP contribution is 2.47. The molecule has 4 nitrogen and oxygen atoms in total. The van der Waals surface area contributed by atoms with Gasteiger partial charge in [-0.1, -0.05) is 30.3 Å². The van der Waals surface area contributed by atoms with Crippen molar-refractivity contribution in [2.45, 2.75) is 18.9 Å². The zero-order valence-electron chi connectivity index (χ0n) is 12.4. The minimum Gasteiger partial charge on any atom is -0.356 e. The molecular weight excluding hydrogens is 294 g/mol. The summed E-state index contributed by atoms with van der Waals surface area (Å²) in [5.41, 5.74) is 1.01. The number of amides is 1. The van der Waals surface area contributed by atoms with Gasteiger partial charge >= 0.3 is 0 Å². The van der Waals surface area contributed by atoms with Crippen LogP contribution in [0.5, 0.6) is 0 Å². The van der Waals surface area contributed by atoms with Gasteiger partial charge in [-0.15, -0.1) is 11.3 Å². The number of likely N-dealkylation sites (tertiary alicyclic amines) is 1. The Balaban J connectivity index is 1.64. The van der Waals surface area contributed by atoms with Crippen molar-refractivity contribution >= 4 is 17.2 Å². The van der Waals surface area contributed by atoms with E-state index in [4.69, 9.17) is 0 Å². The summed E-state index contributed by atoms with van der Waals surface area (Å²) in [5, 5.41) is 6.19. The molecule has 1 aromatic heterocycles. The predicted molar refractivity (Wildman–Crippen MR) is 86.6 cm³/mol. The van der Waals surface area contributed by atoms with Gasteiger partial charge in [0.05, 0.1) is 12.0 Å². The molecule has 0 radical (unpaired) electrons. The largest absolute Gasteiger partial charge is 0.356 e. The Hall–Kier alpha value is -1.72. The molecule has 0 unspecified atom stereocenters. The number of hydrogen-bond donors (Lipinski definition) is 1. The number of hydrogen-bond acceptors (Lipinski definition) is 4. The third-order valence-electron chi connectivity index (χ3n) is 4.97. The van der Waals surface area contributed by atoms with Gasteiger partial charge in [0.2, 0.25) is 5.91 Å². The molecule has 3 heterocycles. The number of aromatic nitrogens is 1. The van der Waals surface area contributed by atoms with Crippen molar-refractivity contribution in [2.24, 2.45) is 5.41 Å². The number of nitrogens with zero attached hydrogens (tertiary/aromatic N) is 2. The van der Waals surface area contributed by atoms with Crippen molar-refractivity contribution in [2.75, 3.05) is 19.6 Å². The summed E-state index contributed by atoms with van der Waals surface area (Å²) >= 11 is 1.69. The second kappa shape index (κ2) is 5.48. The average Bonchev–Trinajstić information content (AvgIpc) is 3.25. The van der Waals surface area contributed by atoms with Gasteiger partial charge in [-0.05, 0) is 12.0 Å². The van der Waals surface area contributed by atoms with Gasteiger partial charge in [-0.3, -0.25) is 9.69 Å². The van der Waals surface area contributed by atoms with Gasteiger partial charge in [-0.2, -0.15) is 0 Å². The molecule has 0 bridgehead atoms. The highest BCUT2D eigenvalue weighted by Gasteiger charge is 2.54. The van der Waals surface area contributed by atoms with Crippen molar-refractivity contribution < 1.29 is 4.79 Å². The molecule has 5 heteroatoms. The summed E-state index contributed by atoms with van der Waals surface area (Å²) in [6, 6.07) is 10.5. The highest BCUT2D eigenvalue weighted by molar-refractivity contribution is 7.09. The first-order valence-corrected chi connectivity index (χ1v) is 8.60. The van der Waals surface area contributed by atoms with Gasteiger partial charge in [0.1, 0.15) is 5.01 Å². The van der Waals surface area contributed by atoms with Crippen LogP contribution in [0.4, 0.5) is 0 Å². The number of rotatable bonds is 3. The van der Waals surface area contributed by atoms with Crippen LogP contribution in [0.1, 0.15) is 22.9 Å². The molecular formula is C17H19N3OS. The Kier molecular flexibility index (Phi) is 3.47. The molecule has 1 amide bonds. The fraction of sp³-hybridized carbons (Fsp3) is 0.412. The van der Waals surface area contributed by atoms with Gasteiger partial charge in [0, 0.05) is 37.1 Å². The van der Waals surface area contributed by atoms with E-state index >= 15 is 0 Å². The van der Waals surface area contributed by atoms with E-state index in [1.807, 2.05) is 17.6 Å². The molecule has 1 spiro atoms. The molecule has 1 N–H and O–H groups in total. The molecule has 2 saturated heterocycles. The predicted octanol–water partition coefficient (Wildman–Crippen LogP) is 2.25. The minimum absolute atomic E-state index is 0.225. The van der Waals surface area contributed by atoms with Crippen LogP contribution in [0, 0.1) is 5.41 Å². The average molecular weight is 313 g/mol. The first kappa shape index (κ1) is 13.9. The SMILES string of the molecule is O=C1NCC[C@]12CN(Cc1nccs1)C[C@H]2c1ccccc1. The topological polar surface area (TPSA) is 45.2 Å². The minimum atomic E-state index is -0.265. The van der Waals surface area contributed by atoms with Crippen LogP contribution in [0.25, 0.3) is 0 Å². The van der Waals surface area contributed by atoms with E-state index in [1.54, 1.807) is 11.3 Å². The number of benzene rings is 1. The Morgan fingerprint density at radius 2 is 2.23 bits per heavy atom. The smallest absolute Gasteiger partial charge is 0.228 e. The summed E-state index contributed by atoms with van der Waals surface area (Å²) < 4.78 is 0. The van der Waals surface area contributed by atoms with Crippen molar-refractivity contribution in [1.82, 2.24) is 15.2 Å². The molecule has 2 aliphatic heterocycles. The lowest BCUT2D eigenvalue weighted by Crippen LogP contribution is -2.37.